The lowest BCUT2D eigenvalue weighted by Gasteiger charge is -2.26. The van der Waals surface area contributed by atoms with E-state index in [2.05, 4.69) is 25.5 Å². The number of imidazole rings is 1. The van der Waals surface area contributed by atoms with Crippen molar-refractivity contribution in [3.05, 3.63) is 47.9 Å². The molecule has 6 nitrogen and oxygen atoms in total. The van der Waals surface area contributed by atoms with Crippen molar-refractivity contribution < 1.29 is 9.15 Å². The summed E-state index contributed by atoms with van der Waals surface area (Å²) in [6.07, 6.45) is 1.74. The number of benzene rings is 1. The second kappa shape index (κ2) is 7.21. The molecule has 1 fully saturated rings. The highest BCUT2D eigenvalue weighted by atomic mass is 16.5. The number of aromatic nitrogens is 2. The van der Waals surface area contributed by atoms with Crippen LogP contribution in [0.1, 0.15) is 11.5 Å². The average Bonchev–Trinajstić information content (AvgIpc) is 3.22. The zero-order chi connectivity index (χ0) is 17.1. The van der Waals surface area contributed by atoms with E-state index in [1.54, 1.807) is 6.21 Å². The van der Waals surface area contributed by atoms with Gasteiger partial charge in [-0.05, 0) is 31.2 Å². The van der Waals surface area contributed by atoms with E-state index >= 15 is 0 Å². The first-order valence-corrected chi connectivity index (χ1v) is 8.65. The van der Waals surface area contributed by atoms with Crippen molar-refractivity contribution in [1.82, 2.24) is 14.5 Å². The molecule has 3 aromatic rings. The second-order valence-corrected chi connectivity index (χ2v) is 6.21. The third-order valence-corrected chi connectivity index (χ3v) is 4.45. The van der Waals surface area contributed by atoms with Crippen LogP contribution in [-0.4, -0.2) is 53.5 Å². The number of nitrogens with zero attached hydrogens (tertiary/aromatic N) is 4. The summed E-state index contributed by atoms with van der Waals surface area (Å²) in [6.45, 7) is 7.33. The van der Waals surface area contributed by atoms with E-state index in [0.29, 0.717) is 5.95 Å². The van der Waals surface area contributed by atoms with Crippen LogP contribution >= 0.6 is 0 Å². The van der Waals surface area contributed by atoms with E-state index < -0.39 is 0 Å². The van der Waals surface area contributed by atoms with Crippen LogP contribution in [0, 0.1) is 6.92 Å². The molecule has 0 amide bonds. The maximum Gasteiger partial charge on any atom is 0.230 e. The molecule has 0 N–H and O–H groups in total. The van der Waals surface area contributed by atoms with Gasteiger partial charge < -0.3 is 13.7 Å². The molecule has 0 atom stereocenters. The molecule has 1 aromatic carbocycles. The summed E-state index contributed by atoms with van der Waals surface area (Å²) < 4.78 is 13.2. The zero-order valence-electron chi connectivity index (χ0n) is 14.4. The third-order valence-electron chi connectivity index (χ3n) is 4.45. The molecular weight excluding hydrogens is 316 g/mol. The molecular formula is C19H22N4O2. The molecule has 0 radical (unpaired) electrons. The van der Waals surface area contributed by atoms with Gasteiger partial charge in [-0.2, -0.15) is 0 Å². The summed E-state index contributed by atoms with van der Waals surface area (Å²) in [5.41, 5.74) is 2.07. The number of aryl methyl sites for hydroxylation is 1. The van der Waals surface area contributed by atoms with Crippen molar-refractivity contribution in [3.63, 3.8) is 0 Å². The van der Waals surface area contributed by atoms with Crippen LogP contribution in [-0.2, 0) is 11.3 Å². The number of hydrogen-bond donors (Lipinski definition) is 0. The molecule has 1 saturated heterocycles. The van der Waals surface area contributed by atoms with E-state index in [0.717, 1.165) is 61.9 Å². The Morgan fingerprint density at radius 2 is 1.96 bits per heavy atom. The number of furan rings is 1. The Morgan fingerprint density at radius 3 is 2.76 bits per heavy atom. The van der Waals surface area contributed by atoms with Crippen molar-refractivity contribution in [1.29, 1.82) is 0 Å². The normalized spacial score (nSPS) is 16.2. The lowest BCUT2D eigenvalue weighted by atomic mass is 10.3. The molecule has 3 heterocycles. The van der Waals surface area contributed by atoms with Crippen molar-refractivity contribution in [2.24, 2.45) is 4.99 Å². The van der Waals surface area contributed by atoms with Crippen LogP contribution in [0.2, 0.25) is 0 Å². The molecule has 6 heteroatoms. The van der Waals surface area contributed by atoms with Gasteiger partial charge >= 0.3 is 0 Å². The Hall–Kier alpha value is -2.44. The molecule has 4 rings (SSSR count). The Bertz CT molecular complexity index is 875. The van der Waals surface area contributed by atoms with Crippen molar-refractivity contribution in [2.45, 2.75) is 13.5 Å². The summed E-state index contributed by atoms with van der Waals surface area (Å²) in [4.78, 5) is 11.7. The van der Waals surface area contributed by atoms with Gasteiger partial charge in [0.2, 0.25) is 5.95 Å². The molecule has 0 spiro atoms. The number of morpholine rings is 1. The van der Waals surface area contributed by atoms with Crippen LogP contribution in [0.15, 0.2) is 45.8 Å². The van der Waals surface area contributed by atoms with E-state index in [-0.39, 0.29) is 0 Å². The van der Waals surface area contributed by atoms with Gasteiger partial charge in [-0.1, -0.05) is 12.1 Å². The van der Waals surface area contributed by atoms with E-state index in [4.69, 9.17) is 9.15 Å². The zero-order valence-corrected chi connectivity index (χ0v) is 14.4. The standard InChI is InChI=1S/C19H22N4O2/c1-15-6-7-16(25-15)14-20-19-21-17-4-2-3-5-18(17)23(19)9-8-22-10-12-24-13-11-22/h2-7,14H,8-13H2,1H3/b20-14+. The van der Waals surface area contributed by atoms with Crippen LogP contribution in [0.4, 0.5) is 5.95 Å². The molecule has 130 valence electrons. The van der Waals surface area contributed by atoms with Gasteiger partial charge in [-0.15, -0.1) is 0 Å². The lowest BCUT2D eigenvalue weighted by Crippen LogP contribution is -2.38. The largest absolute Gasteiger partial charge is 0.460 e. The Kier molecular flexibility index (Phi) is 4.63. The summed E-state index contributed by atoms with van der Waals surface area (Å²) in [5, 5.41) is 0. The molecule has 0 aliphatic carbocycles. The van der Waals surface area contributed by atoms with Crippen LogP contribution in [0.5, 0.6) is 0 Å². The molecule has 1 aliphatic heterocycles. The van der Waals surface area contributed by atoms with Gasteiger partial charge in [0.15, 0.2) is 0 Å². The van der Waals surface area contributed by atoms with Crippen molar-refractivity contribution >= 4 is 23.2 Å². The quantitative estimate of drug-likeness (QED) is 0.671. The fraction of sp³-hybridized carbons (Fsp3) is 0.368. The first-order valence-electron chi connectivity index (χ1n) is 8.65. The van der Waals surface area contributed by atoms with Crippen molar-refractivity contribution in [3.8, 4) is 0 Å². The number of rotatable bonds is 5. The third kappa shape index (κ3) is 3.65. The predicted octanol–water partition coefficient (Wildman–Crippen LogP) is 3.02. The second-order valence-electron chi connectivity index (χ2n) is 6.21. The molecule has 0 unspecified atom stereocenters. The molecule has 0 saturated carbocycles. The van der Waals surface area contributed by atoms with Gasteiger partial charge in [0.05, 0.1) is 30.5 Å². The van der Waals surface area contributed by atoms with Gasteiger partial charge in [-0.3, -0.25) is 4.90 Å². The fourth-order valence-corrected chi connectivity index (χ4v) is 3.09. The molecule has 2 aromatic heterocycles. The minimum Gasteiger partial charge on any atom is -0.460 e. The first kappa shape index (κ1) is 16.1. The van der Waals surface area contributed by atoms with E-state index in [9.17, 15) is 0 Å². The van der Waals surface area contributed by atoms with Gasteiger partial charge in [0.1, 0.15) is 11.5 Å². The van der Waals surface area contributed by atoms with Gasteiger partial charge in [-0.25, -0.2) is 9.98 Å². The topological polar surface area (TPSA) is 55.8 Å². The van der Waals surface area contributed by atoms with Gasteiger partial charge in [0, 0.05) is 26.2 Å². The first-order chi connectivity index (χ1) is 12.3. The highest BCUT2D eigenvalue weighted by molar-refractivity contribution is 5.81. The van der Waals surface area contributed by atoms with E-state index in [1.807, 2.05) is 37.3 Å². The maximum atomic E-state index is 5.57. The van der Waals surface area contributed by atoms with Gasteiger partial charge in [0.25, 0.3) is 0 Å². The van der Waals surface area contributed by atoms with Crippen LogP contribution in [0.25, 0.3) is 11.0 Å². The summed E-state index contributed by atoms with van der Waals surface area (Å²) in [7, 11) is 0. The number of para-hydroxylation sites is 2. The number of fused-ring (bicyclic) bond motifs is 1. The average molecular weight is 338 g/mol. The molecule has 25 heavy (non-hydrogen) atoms. The summed E-state index contributed by atoms with van der Waals surface area (Å²) >= 11 is 0. The minimum atomic E-state index is 0.712. The van der Waals surface area contributed by atoms with Crippen molar-refractivity contribution in [2.75, 3.05) is 32.8 Å². The lowest BCUT2D eigenvalue weighted by molar-refractivity contribution is 0.0366. The number of ether oxygens (including phenoxy) is 1. The smallest absolute Gasteiger partial charge is 0.230 e. The molecule has 0 bridgehead atoms. The highest BCUT2D eigenvalue weighted by Crippen LogP contribution is 2.22. The molecule has 1 aliphatic rings. The minimum absolute atomic E-state index is 0.712. The monoisotopic (exact) mass is 338 g/mol. The van der Waals surface area contributed by atoms with Crippen LogP contribution < -0.4 is 0 Å². The van der Waals surface area contributed by atoms with Crippen LogP contribution in [0.3, 0.4) is 0 Å². The Labute approximate surface area is 146 Å². The summed E-state index contributed by atoms with van der Waals surface area (Å²) in [6, 6.07) is 12.0. The maximum absolute atomic E-state index is 5.57. The predicted molar refractivity (Wildman–Crippen MR) is 97.7 cm³/mol. The highest BCUT2D eigenvalue weighted by Gasteiger charge is 2.13. The summed E-state index contributed by atoms with van der Waals surface area (Å²) in [5.74, 6) is 2.33. The fourth-order valence-electron chi connectivity index (χ4n) is 3.09. The number of aliphatic imine (C=N–C) groups is 1. The van der Waals surface area contributed by atoms with E-state index in [1.165, 1.54) is 0 Å². The Balaban J connectivity index is 1.59. The Morgan fingerprint density at radius 1 is 1.12 bits per heavy atom. The number of hydrogen-bond acceptors (Lipinski definition) is 5. The SMILES string of the molecule is Cc1ccc(/C=N/c2nc3ccccc3n2CCN2CCOCC2)o1.